The van der Waals surface area contributed by atoms with Crippen molar-refractivity contribution >= 4 is 62.0 Å². The Morgan fingerprint density at radius 2 is 1.12 bits per heavy atom. The molecule has 0 amide bonds. The molecule has 0 saturated heterocycles. The molecule has 0 fully saturated rings. The third-order valence-electron chi connectivity index (χ3n) is 8.81. The molecule has 0 saturated carbocycles. The van der Waals surface area contributed by atoms with Gasteiger partial charge in [-0.2, -0.15) is 0 Å². The zero-order chi connectivity index (χ0) is 26.7. The second-order valence-electron chi connectivity index (χ2n) is 10.9. The van der Waals surface area contributed by atoms with Gasteiger partial charge in [-0.25, -0.2) is 0 Å². The average molecular weight is 524 g/mol. The highest BCUT2D eigenvalue weighted by molar-refractivity contribution is 7.00. The van der Waals surface area contributed by atoms with E-state index in [2.05, 4.69) is 137 Å². The quantitative estimate of drug-likeness (QED) is 0.222. The first-order valence-electron chi connectivity index (χ1n) is 14.0. The van der Waals surface area contributed by atoms with Crippen molar-refractivity contribution < 1.29 is 9.47 Å². The van der Waals surface area contributed by atoms with Crippen LogP contribution < -0.4 is 30.8 Å². The summed E-state index contributed by atoms with van der Waals surface area (Å²) < 4.78 is 16.1. The maximum Gasteiger partial charge on any atom is 0.266 e. The highest BCUT2D eigenvalue weighted by Gasteiger charge is 2.48. The minimum atomic E-state index is 0.0168. The topological polar surface area (TPSA) is 26.6 Å². The Bertz CT molecular complexity index is 2200. The largest absolute Gasteiger partial charge is 0.458 e. The zero-order valence-corrected chi connectivity index (χ0v) is 21.9. The third-order valence-corrected chi connectivity index (χ3v) is 8.81. The zero-order valence-electron chi connectivity index (χ0n) is 21.9. The summed E-state index contributed by atoms with van der Waals surface area (Å²) >= 11 is 0. The maximum absolute atomic E-state index is 6.98. The molecule has 3 aliphatic heterocycles. The van der Waals surface area contributed by atoms with Crippen LogP contribution in [0.3, 0.4) is 0 Å². The summed E-state index contributed by atoms with van der Waals surface area (Å²) in [5, 5.41) is 2.29. The van der Waals surface area contributed by atoms with Crippen molar-refractivity contribution in [2.45, 2.75) is 0 Å². The number of benzene rings is 6. The molecule has 7 aromatic rings. The summed E-state index contributed by atoms with van der Waals surface area (Å²) in [7, 11) is 0. The van der Waals surface area contributed by atoms with Gasteiger partial charge >= 0.3 is 0 Å². The van der Waals surface area contributed by atoms with Crippen LogP contribution in [-0.2, 0) is 0 Å². The molecule has 1 aromatic heterocycles. The lowest BCUT2D eigenvalue weighted by Gasteiger charge is -2.42. The molecule has 3 aliphatic rings. The van der Waals surface area contributed by atoms with Gasteiger partial charge in [-0.05, 0) is 65.5 Å². The molecule has 10 rings (SSSR count). The van der Waals surface area contributed by atoms with Crippen LogP contribution in [0, 0.1) is 0 Å². The first-order chi connectivity index (χ1) is 20.4. The molecule has 0 bridgehead atoms. The number of para-hydroxylation sites is 3. The summed E-state index contributed by atoms with van der Waals surface area (Å²) in [6, 6.07) is 44.8. The van der Waals surface area contributed by atoms with E-state index in [1.807, 2.05) is 0 Å². The van der Waals surface area contributed by atoms with E-state index in [0.717, 1.165) is 67.6 Å². The molecule has 0 radical (unpaired) electrons. The summed E-state index contributed by atoms with van der Waals surface area (Å²) in [5.74, 6) is 3.55. The molecule has 5 heteroatoms. The van der Waals surface area contributed by atoms with Gasteiger partial charge < -0.3 is 18.9 Å². The van der Waals surface area contributed by atoms with Gasteiger partial charge in [-0.1, -0.05) is 66.7 Å². The van der Waals surface area contributed by atoms with Crippen molar-refractivity contribution in [2.75, 3.05) is 4.90 Å². The van der Waals surface area contributed by atoms with Gasteiger partial charge in [0.1, 0.15) is 23.0 Å². The summed E-state index contributed by atoms with van der Waals surface area (Å²) in [5.41, 5.74) is 10.2. The summed E-state index contributed by atoms with van der Waals surface area (Å²) in [4.78, 5) is 2.34. The first kappa shape index (κ1) is 21.4. The van der Waals surface area contributed by atoms with E-state index < -0.39 is 0 Å². The Morgan fingerprint density at radius 3 is 1.85 bits per heavy atom. The SMILES string of the molecule is c1ccc(N2c3cccc4c3B3c5c(cccc52)Oc2c3c(cc3c2c2ccccc2n3-c2ccccc2)O4)cc1. The predicted molar refractivity (Wildman–Crippen MR) is 167 cm³/mol. The van der Waals surface area contributed by atoms with Gasteiger partial charge in [0.15, 0.2) is 0 Å². The van der Waals surface area contributed by atoms with Gasteiger partial charge in [0.05, 0.1) is 16.4 Å². The molecule has 4 nitrogen and oxygen atoms in total. The minimum Gasteiger partial charge on any atom is -0.458 e. The van der Waals surface area contributed by atoms with Crippen LogP contribution in [0.2, 0.25) is 0 Å². The Labute approximate surface area is 236 Å². The minimum absolute atomic E-state index is 0.0168. The van der Waals surface area contributed by atoms with E-state index in [9.17, 15) is 0 Å². The van der Waals surface area contributed by atoms with Crippen molar-refractivity contribution in [3.63, 3.8) is 0 Å². The smallest absolute Gasteiger partial charge is 0.266 e. The number of hydrogen-bond donors (Lipinski definition) is 0. The van der Waals surface area contributed by atoms with E-state index in [-0.39, 0.29) is 6.71 Å². The number of aromatic nitrogens is 1. The number of nitrogens with zero attached hydrogens (tertiary/aromatic N) is 2. The second kappa shape index (κ2) is 7.61. The van der Waals surface area contributed by atoms with Gasteiger partial charge in [-0.15, -0.1) is 0 Å². The number of fused-ring (bicyclic) bond motifs is 4. The number of anilines is 3. The first-order valence-corrected chi connectivity index (χ1v) is 14.0. The predicted octanol–water partition coefficient (Wildman–Crippen LogP) is 7.29. The van der Waals surface area contributed by atoms with Crippen LogP contribution in [-0.4, -0.2) is 11.3 Å². The molecular weight excluding hydrogens is 503 g/mol. The van der Waals surface area contributed by atoms with E-state index in [4.69, 9.17) is 9.47 Å². The van der Waals surface area contributed by atoms with E-state index in [1.54, 1.807) is 0 Å². The number of rotatable bonds is 2. The molecular formula is C36H21BN2O2. The molecule has 0 aliphatic carbocycles. The molecule has 4 heterocycles. The normalized spacial score (nSPS) is 13.7. The van der Waals surface area contributed by atoms with Crippen molar-refractivity contribution in [3.8, 4) is 28.7 Å². The van der Waals surface area contributed by atoms with E-state index >= 15 is 0 Å². The standard InChI is InChI=1S/C36H21BN2O2/c1-3-11-22(12-4-1)38-25-16-8-7-15-24(25)32-28(38)21-31-35-36(32)41-30-20-10-18-27-34(30)37(35)33-26(17-9-19-29(33)40-31)39(27)23-13-5-2-6-14-23/h1-21H. The molecule has 41 heavy (non-hydrogen) atoms. The van der Waals surface area contributed by atoms with Crippen LogP contribution in [0.5, 0.6) is 23.0 Å². The lowest BCUT2D eigenvalue weighted by atomic mass is 9.33. The van der Waals surface area contributed by atoms with Crippen LogP contribution in [0.15, 0.2) is 127 Å². The Kier molecular flexibility index (Phi) is 3.98. The van der Waals surface area contributed by atoms with Crippen LogP contribution >= 0.6 is 0 Å². The van der Waals surface area contributed by atoms with Crippen LogP contribution in [0.25, 0.3) is 27.5 Å². The fourth-order valence-electron chi connectivity index (χ4n) is 7.26. The van der Waals surface area contributed by atoms with E-state index in [1.165, 1.54) is 16.3 Å². The third kappa shape index (κ3) is 2.66. The second-order valence-corrected chi connectivity index (χ2v) is 10.9. The van der Waals surface area contributed by atoms with Gasteiger partial charge in [0.2, 0.25) is 0 Å². The van der Waals surface area contributed by atoms with Crippen molar-refractivity contribution in [2.24, 2.45) is 0 Å². The van der Waals surface area contributed by atoms with Gasteiger partial charge in [0.25, 0.3) is 6.71 Å². The molecule has 0 spiro atoms. The Hall–Kier alpha value is -5.42. The van der Waals surface area contributed by atoms with E-state index in [0.29, 0.717) is 0 Å². The van der Waals surface area contributed by atoms with Crippen LogP contribution in [0.1, 0.15) is 0 Å². The average Bonchev–Trinajstić information content (AvgIpc) is 3.36. The van der Waals surface area contributed by atoms with Gasteiger partial charge in [0, 0.05) is 39.7 Å². The molecule has 6 aromatic carbocycles. The molecule has 0 atom stereocenters. The Morgan fingerprint density at radius 1 is 0.488 bits per heavy atom. The summed E-state index contributed by atoms with van der Waals surface area (Å²) in [6.45, 7) is 0.0168. The van der Waals surface area contributed by atoms with Crippen molar-refractivity contribution in [1.29, 1.82) is 0 Å². The highest BCUT2D eigenvalue weighted by atomic mass is 16.5. The Balaban J connectivity index is 1.34. The lowest BCUT2D eigenvalue weighted by Crippen LogP contribution is -2.61. The monoisotopic (exact) mass is 524 g/mol. The maximum atomic E-state index is 6.98. The fourth-order valence-corrected chi connectivity index (χ4v) is 7.26. The van der Waals surface area contributed by atoms with Crippen LogP contribution in [0.4, 0.5) is 17.1 Å². The van der Waals surface area contributed by atoms with Crippen molar-refractivity contribution in [3.05, 3.63) is 127 Å². The highest BCUT2D eigenvalue weighted by Crippen LogP contribution is 2.49. The van der Waals surface area contributed by atoms with Gasteiger partial charge in [-0.3, -0.25) is 0 Å². The lowest BCUT2D eigenvalue weighted by molar-refractivity contribution is 0.468. The fraction of sp³-hybridized carbons (Fsp3) is 0. The number of hydrogen-bond acceptors (Lipinski definition) is 3. The summed E-state index contributed by atoms with van der Waals surface area (Å²) in [6.07, 6.45) is 0. The molecule has 0 unspecified atom stereocenters. The molecule has 190 valence electrons. The molecule has 0 N–H and O–H groups in total. The number of ether oxygens (including phenoxy) is 2. The van der Waals surface area contributed by atoms with Crippen molar-refractivity contribution in [1.82, 2.24) is 4.57 Å².